The van der Waals surface area contributed by atoms with E-state index in [0.29, 0.717) is 22.2 Å². The second-order valence-corrected chi connectivity index (χ2v) is 13.7. The fourth-order valence-corrected chi connectivity index (χ4v) is 6.85. The largest absolute Gasteiger partial charge is 0.469 e. The van der Waals surface area contributed by atoms with Gasteiger partial charge < -0.3 is 9.64 Å². The van der Waals surface area contributed by atoms with E-state index in [0.717, 1.165) is 11.1 Å². The summed E-state index contributed by atoms with van der Waals surface area (Å²) in [6.45, 7) is 9.80. The van der Waals surface area contributed by atoms with Crippen LogP contribution >= 0.6 is 23.2 Å². The smallest absolute Gasteiger partial charge is 0.306 e. The number of hydrogen-bond donors (Lipinski definition) is 0. The highest BCUT2D eigenvalue weighted by molar-refractivity contribution is 7.85. The monoisotopic (exact) mass is 565 g/mol. The maximum atomic E-state index is 14.5. The Morgan fingerprint density at radius 2 is 1.73 bits per heavy atom. The highest BCUT2D eigenvalue weighted by Gasteiger charge is 2.53. The standard InChI is InChI=1S/C29H37Cl2NO4S/c1-18(2)25(17-37(35)19(3)4)32-27(20-10-12-22(30)13-11-20)24(21-8-7-9-23(31)14-21)15-29(5,28(32)34)16-26(33)36-6/h7-14,18-19,24-25,27H,15-17H2,1-6H3/t24-,25-,27-,29-,37?/m1/s1. The molecule has 0 aromatic heterocycles. The van der Waals surface area contributed by atoms with Crippen molar-refractivity contribution >= 4 is 45.9 Å². The van der Waals surface area contributed by atoms with E-state index in [1.165, 1.54) is 7.11 Å². The van der Waals surface area contributed by atoms with Crippen molar-refractivity contribution in [1.82, 2.24) is 4.90 Å². The SMILES string of the molecule is COC(=O)C[C@@]1(C)C[C@H](c2cccc(Cl)c2)[C@@H](c2ccc(Cl)cc2)N([C@H](CS(=O)C(C)C)C(C)C)C1=O. The van der Waals surface area contributed by atoms with E-state index in [1.807, 2.05) is 74.2 Å². The number of methoxy groups -OCH3 is 1. The third kappa shape index (κ3) is 6.76. The number of piperidine rings is 1. The number of ether oxygens (including phenoxy) is 1. The third-order valence-electron chi connectivity index (χ3n) is 7.34. The summed E-state index contributed by atoms with van der Waals surface area (Å²) in [6, 6.07) is 14.6. The van der Waals surface area contributed by atoms with Gasteiger partial charge in [-0.3, -0.25) is 13.8 Å². The van der Waals surface area contributed by atoms with Crippen LogP contribution in [0.1, 0.15) is 70.5 Å². The molecule has 5 nitrogen and oxygen atoms in total. The molecule has 0 N–H and O–H groups in total. The van der Waals surface area contributed by atoms with Crippen LogP contribution in [0.25, 0.3) is 0 Å². The lowest BCUT2D eigenvalue weighted by molar-refractivity contribution is -0.162. The number of carbonyl (C=O) groups excluding carboxylic acids is 2. The molecule has 5 atom stereocenters. The number of halogens is 2. The minimum absolute atomic E-state index is 0.0296. The number of nitrogens with zero attached hydrogens (tertiary/aromatic N) is 1. The fraction of sp³-hybridized carbons (Fsp3) is 0.517. The molecule has 37 heavy (non-hydrogen) atoms. The number of carbonyl (C=O) groups is 2. The number of likely N-dealkylation sites (tertiary alicyclic amines) is 1. The van der Waals surface area contributed by atoms with E-state index in [9.17, 15) is 13.8 Å². The van der Waals surface area contributed by atoms with Crippen LogP contribution in [-0.4, -0.2) is 45.1 Å². The van der Waals surface area contributed by atoms with Crippen molar-refractivity contribution in [1.29, 1.82) is 0 Å². The van der Waals surface area contributed by atoms with Gasteiger partial charge in [-0.05, 0) is 47.7 Å². The lowest BCUT2D eigenvalue weighted by Crippen LogP contribution is -2.58. The molecule has 1 amide bonds. The minimum Gasteiger partial charge on any atom is -0.469 e. The van der Waals surface area contributed by atoms with Gasteiger partial charge in [0.15, 0.2) is 0 Å². The summed E-state index contributed by atoms with van der Waals surface area (Å²) in [5.74, 6) is -0.349. The van der Waals surface area contributed by atoms with Crippen molar-refractivity contribution in [2.24, 2.45) is 11.3 Å². The third-order valence-corrected chi connectivity index (χ3v) is 9.55. The average Bonchev–Trinajstić information content (AvgIpc) is 2.84. The molecule has 1 unspecified atom stereocenters. The second-order valence-electron chi connectivity index (χ2n) is 10.8. The van der Waals surface area contributed by atoms with Crippen molar-refractivity contribution < 1.29 is 18.5 Å². The van der Waals surface area contributed by atoms with E-state index < -0.39 is 22.2 Å². The number of benzene rings is 2. The first-order chi connectivity index (χ1) is 17.4. The molecular weight excluding hydrogens is 529 g/mol. The molecule has 0 bridgehead atoms. The topological polar surface area (TPSA) is 63.7 Å². The highest BCUT2D eigenvalue weighted by atomic mass is 35.5. The van der Waals surface area contributed by atoms with Crippen LogP contribution < -0.4 is 0 Å². The maximum absolute atomic E-state index is 14.5. The molecule has 3 rings (SSSR count). The predicted octanol–water partition coefficient (Wildman–Crippen LogP) is 6.80. The van der Waals surface area contributed by atoms with Gasteiger partial charge in [-0.25, -0.2) is 0 Å². The quantitative estimate of drug-likeness (QED) is 0.313. The fourth-order valence-electron chi connectivity index (χ4n) is 5.26. The molecule has 0 radical (unpaired) electrons. The first-order valence-electron chi connectivity index (χ1n) is 12.7. The zero-order valence-electron chi connectivity index (χ0n) is 22.4. The van der Waals surface area contributed by atoms with Crippen molar-refractivity contribution in [3.63, 3.8) is 0 Å². The molecule has 2 aromatic carbocycles. The van der Waals surface area contributed by atoms with Gasteiger partial charge in [0.1, 0.15) is 0 Å². The van der Waals surface area contributed by atoms with Crippen molar-refractivity contribution in [2.75, 3.05) is 12.9 Å². The normalized spacial score (nSPS) is 23.8. The first-order valence-corrected chi connectivity index (χ1v) is 14.8. The van der Waals surface area contributed by atoms with Gasteiger partial charge in [0.2, 0.25) is 5.91 Å². The molecule has 0 spiro atoms. The molecule has 202 valence electrons. The molecule has 0 saturated carbocycles. The van der Waals surface area contributed by atoms with E-state index in [-0.39, 0.29) is 41.5 Å². The van der Waals surface area contributed by atoms with Gasteiger partial charge in [0.25, 0.3) is 0 Å². The van der Waals surface area contributed by atoms with Crippen LogP contribution in [-0.2, 0) is 25.1 Å². The Kier molecular flexibility index (Phi) is 9.87. The van der Waals surface area contributed by atoms with Crippen LogP contribution in [0.3, 0.4) is 0 Å². The Balaban J connectivity index is 2.27. The minimum atomic E-state index is -1.14. The van der Waals surface area contributed by atoms with Gasteiger partial charge in [0.05, 0.1) is 25.0 Å². The molecule has 1 saturated heterocycles. The van der Waals surface area contributed by atoms with Gasteiger partial charge in [-0.15, -0.1) is 0 Å². The zero-order chi connectivity index (χ0) is 27.5. The number of rotatable bonds is 9. The molecular formula is C29H37Cl2NO4S. The molecule has 0 aliphatic carbocycles. The summed E-state index contributed by atoms with van der Waals surface area (Å²) < 4.78 is 18.1. The van der Waals surface area contributed by atoms with Crippen LogP contribution in [0.2, 0.25) is 10.0 Å². The van der Waals surface area contributed by atoms with Crippen molar-refractivity contribution in [2.45, 2.75) is 70.7 Å². The second kappa shape index (κ2) is 12.3. The molecule has 1 aliphatic rings. The van der Waals surface area contributed by atoms with Gasteiger partial charge >= 0.3 is 5.97 Å². The Morgan fingerprint density at radius 1 is 1.08 bits per heavy atom. The van der Waals surface area contributed by atoms with E-state index >= 15 is 0 Å². The zero-order valence-corrected chi connectivity index (χ0v) is 24.7. The summed E-state index contributed by atoms with van der Waals surface area (Å²) >= 11 is 12.7. The maximum Gasteiger partial charge on any atom is 0.306 e. The van der Waals surface area contributed by atoms with Gasteiger partial charge in [-0.2, -0.15) is 0 Å². The van der Waals surface area contributed by atoms with E-state index in [2.05, 4.69) is 13.8 Å². The Labute approximate surface area is 233 Å². The van der Waals surface area contributed by atoms with E-state index in [4.69, 9.17) is 27.9 Å². The summed E-state index contributed by atoms with van der Waals surface area (Å²) in [7, 11) is 0.199. The summed E-state index contributed by atoms with van der Waals surface area (Å²) in [5, 5.41) is 1.17. The molecule has 1 heterocycles. The van der Waals surface area contributed by atoms with Crippen LogP contribution in [0.15, 0.2) is 48.5 Å². The number of hydrogen-bond acceptors (Lipinski definition) is 4. The predicted molar refractivity (Wildman–Crippen MR) is 151 cm³/mol. The molecule has 8 heteroatoms. The highest BCUT2D eigenvalue weighted by Crippen LogP contribution is 2.52. The summed E-state index contributed by atoms with van der Waals surface area (Å²) in [4.78, 5) is 28.9. The first kappa shape index (κ1) is 29.7. The van der Waals surface area contributed by atoms with Gasteiger partial charge in [-0.1, -0.05) is 82.1 Å². The molecule has 1 fully saturated rings. The van der Waals surface area contributed by atoms with Crippen molar-refractivity contribution in [3.05, 3.63) is 69.7 Å². The van der Waals surface area contributed by atoms with Gasteiger partial charge in [0, 0.05) is 43.8 Å². The van der Waals surface area contributed by atoms with Crippen molar-refractivity contribution in [3.8, 4) is 0 Å². The van der Waals surface area contributed by atoms with Crippen LogP contribution in [0.4, 0.5) is 0 Å². The summed E-state index contributed by atoms with van der Waals surface area (Å²) in [6.07, 6.45) is 0.393. The lowest BCUT2D eigenvalue weighted by atomic mass is 9.66. The number of amides is 1. The molecule has 2 aromatic rings. The van der Waals surface area contributed by atoms with E-state index in [1.54, 1.807) is 0 Å². The Bertz CT molecular complexity index is 1140. The number of esters is 1. The van der Waals surface area contributed by atoms with Crippen LogP contribution in [0.5, 0.6) is 0 Å². The Morgan fingerprint density at radius 3 is 2.27 bits per heavy atom. The summed E-state index contributed by atoms with van der Waals surface area (Å²) in [5.41, 5.74) is 0.910. The average molecular weight is 567 g/mol. The lowest BCUT2D eigenvalue weighted by Gasteiger charge is -2.52. The Hall–Kier alpha value is -1.89. The van der Waals surface area contributed by atoms with Crippen LogP contribution in [0, 0.1) is 11.3 Å². The molecule has 1 aliphatic heterocycles.